The average molecular weight is 269 g/mol. The van der Waals surface area contributed by atoms with E-state index in [-0.39, 0.29) is 23.5 Å². The van der Waals surface area contributed by atoms with Crippen LogP contribution in [0.4, 0.5) is 15.8 Å². The fourth-order valence-corrected chi connectivity index (χ4v) is 2.36. The number of nitro groups is 1. The summed E-state index contributed by atoms with van der Waals surface area (Å²) < 4.78 is 19.0. The third-order valence-corrected chi connectivity index (χ3v) is 3.57. The van der Waals surface area contributed by atoms with Gasteiger partial charge in [0, 0.05) is 24.7 Å². The van der Waals surface area contributed by atoms with E-state index >= 15 is 0 Å². The second kappa shape index (κ2) is 5.00. The van der Waals surface area contributed by atoms with Gasteiger partial charge in [0.15, 0.2) is 11.6 Å². The summed E-state index contributed by atoms with van der Waals surface area (Å²) in [4.78, 5) is 12.0. The minimum atomic E-state index is -0.662. The van der Waals surface area contributed by atoms with Crippen LogP contribution in [-0.2, 0) is 0 Å². The third-order valence-electron chi connectivity index (χ3n) is 3.57. The van der Waals surface area contributed by atoms with Crippen LogP contribution in [0.5, 0.6) is 5.75 Å². The Bertz CT molecular complexity index is 509. The minimum Gasteiger partial charge on any atom is -0.490 e. The van der Waals surface area contributed by atoms with Gasteiger partial charge in [-0.25, -0.2) is 4.39 Å². The van der Waals surface area contributed by atoms with Gasteiger partial charge in [-0.05, 0) is 13.3 Å². The van der Waals surface area contributed by atoms with Crippen LogP contribution in [0.25, 0.3) is 0 Å². The normalized spacial score (nSPS) is 22.6. The SMILES string of the molecule is COc1cc(N2CCC(N)C2C)c(F)cc1[N+](=O)[O-]. The Morgan fingerprint density at radius 1 is 1.58 bits per heavy atom. The molecule has 1 aliphatic heterocycles. The molecule has 2 atom stereocenters. The maximum atomic E-state index is 14.0. The van der Waals surface area contributed by atoms with Crippen molar-refractivity contribution in [3.8, 4) is 5.75 Å². The zero-order valence-corrected chi connectivity index (χ0v) is 10.8. The van der Waals surface area contributed by atoms with E-state index in [0.29, 0.717) is 12.2 Å². The summed E-state index contributed by atoms with van der Waals surface area (Å²) in [5.41, 5.74) is 5.82. The molecule has 2 rings (SSSR count). The molecule has 1 aromatic rings. The van der Waals surface area contributed by atoms with Crippen LogP contribution in [0.1, 0.15) is 13.3 Å². The zero-order valence-electron chi connectivity index (χ0n) is 10.8. The van der Waals surface area contributed by atoms with Gasteiger partial charge in [0.25, 0.3) is 0 Å². The number of ether oxygens (including phenoxy) is 1. The molecule has 0 aromatic heterocycles. The number of hydrogen-bond donors (Lipinski definition) is 1. The number of benzene rings is 1. The van der Waals surface area contributed by atoms with Gasteiger partial charge in [-0.1, -0.05) is 0 Å². The van der Waals surface area contributed by atoms with E-state index in [0.717, 1.165) is 12.5 Å². The second-order valence-corrected chi connectivity index (χ2v) is 4.62. The van der Waals surface area contributed by atoms with Crippen molar-refractivity contribution in [2.75, 3.05) is 18.6 Å². The van der Waals surface area contributed by atoms with Crippen LogP contribution >= 0.6 is 0 Å². The number of halogens is 1. The number of hydrogen-bond acceptors (Lipinski definition) is 5. The monoisotopic (exact) mass is 269 g/mol. The average Bonchev–Trinajstić information content (AvgIpc) is 2.70. The highest BCUT2D eigenvalue weighted by atomic mass is 19.1. The highest BCUT2D eigenvalue weighted by Crippen LogP contribution is 2.36. The van der Waals surface area contributed by atoms with Crippen molar-refractivity contribution in [1.29, 1.82) is 0 Å². The molecule has 0 aliphatic carbocycles. The lowest BCUT2D eigenvalue weighted by atomic mass is 10.1. The fraction of sp³-hybridized carbons (Fsp3) is 0.500. The highest BCUT2D eigenvalue weighted by molar-refractivity contribution is 5.61. The molecule has 2 N–H and O–H groups in total. The molecule has 104 valence electrons. The van der Waals surface area contributed by atoms with Crippen molar-refractivity contribution in [2.45, 2.75) is 25.4 Å². The number of anilines is 1. The molecular weight excluding hydrogens is 253 g/mol. The van der Waals surface area contributed by atoms with E-state index in [2.05, 4.69) is 0 Å². The summed E-state index contributed by atoms with van der Waals surface area (Å²) in [6.07, 6.45) is 0.764. The molecule has 1 aromatic carbocycles. The molecule has 1 saturated heterocycles. The van der Waals surface area contributed by atoms with Crippen molar-refractivity contribution in [3.05, 3.63) is 28.1 Å². The molecule has 0 spiro atoms. The Hall–Kier alpha value is -1.89. The number of nitrogens with zero attached hydrogens (tertiary/aromatic N) is 2. The lowest BCUT2D eigenvalue weighted by Gasteiger charge is -2.26. The van der Waals surface area contributed by atoms with Crippen molar-refractivity contribution in [2.24, 2.45) is 5.73 Å². The third kappa shape index (κ3) is 2.33. The van der Waals surface area contributed by atoms with Crippen LogP contribution in [0.2, 0.25) is 0 Å². The lowest BCUT2D eigenvalue weighted by molar-refractivity contribution is -0.385. The number of nitrogens with two attached hydrogens (primary N) is 1. The Balaban J connectivity index is 2.45. The molecule has 1 aliphatic rings. The Labute approximate surface area is 110 Å². The molecule has 0 amide bonds. The summed E-state index contributed by atoms with van der Waals surface area (Å²) in [6.45, 7) is 2.53. The van der Waals surface area contributed by atoms with Gasteiger partial charge in [-0.15, -0.1) is 0 Å². The van der Waals surface area contributed by atoms with Crippen LogP contribution in [0.15, 0.2) is 12.1 Å². The van der Waals surface area contributed by atoms with Crippen molar-refractivity contribution in [3.63, 3.8) is 0 Å². The summed E-state index contributed by atoms with van der Waals surface area (Å²) in [5, 5.41) is 10.8. The first-order valence-corrected chi connectivity index (χ1v) is 6.00. The van der Waals surface area contributed by atoms with Crippen molar-refractivity contribution >= 4 is 11.4 Å². The van der Waals surface area contributed by atoms with Gasteiger partial charge in [0.1, 0.15) is 0 Å². The molecule has 6 nitrogen and oxygen atoms in total. The van der Waals surface area contributed by atoms with Gasteiger partial charge in [0.05, 0.1) is 23.8 Å². The van der Waals surface area contributed by atoms with E-state index < -0.39 is 10.7 Å². The van der Waals surface area contributed by atoms with Crippen LogP contribution < -0.4 is 15.4 Å². The maximum absolute atomic E-state index is 14.0. The molecule has 7 heteroatoms. The van der Waals surface area contributed by atoms with Gasteiger partial charge in [0.2, 0.25) is 0 Å². The minimum absolute atomic E-state index is 0.0133. The summed E-state index contributed by atoms with van der Waals surface area (Å²) in [5.74, 6) is -0.581. The van der Waals surface area contributed by atoms with Gasteiger partial charge in [-0.3, -0.25) is 10.1 Å². The smallest absolute Gasteiger partial charge is 0.313 e. The second-order valence-electron chi connectivity index (χ2n) is 4.62. The van der Waals surface area contributed by atoms with Gasteiger partial charge >= 0.3 is 5.69 Å². The molecule has 0 bridgehead atoms. The van der Waals surface area contributed by atoms with Gasteiger partial charge in [-0.2, -0.15) is 0 Å². The van der Waals surface area contributed by atoms with Gasteiger partial charge < -0.3 is 15.4 Å². The van der Waals surface area contributed by atoms with E-state index in [9.17, 15) is 14.5 Å². The molecular formula is C12H16FN3O3. The standard InChI is InChI=1S/C12H16FN3O3/c1-7-9(14)3-4-15(7)10-6-12(19-2)11(16(17)18)5-8(10)13/h5-7,9H,3-4,14H2,1-2H3. The summed E-state index contributed by atoms with van der Waals surface area (Å²) in [6, 6.07) is 2.22. The Morgan fingerprint density at radius 2 is 2.26 bits per heavy atom. The first-order chi connectivity index (χ1) is 8.95. The zero-order chi connectivity index (χ0) is 14.2. The quantitative estimate of drug-likeness (QED) is 0.666. The predicted molar refractivity (Wildman–Crippen MR) is 69.0 cm³/mol. The molecule has 19 heavy (non-hydrogen) atoms. The van der Waals surface area contributed by atoms with Crippen molar-refractivity contribution in [1.82, 2.24) is 0 Å². The highest BCUT2D eigenvalue weighted by Gasteiger charge is 2.31. The maximum Gasteiger partial charge on any atom is 0.313 e. The van der Waals surface area contributed by atoms with E-state index in [1.165, 1.54) is 13.2 Å². The fourth-order valence-electron chi connectivity index (χ4n) is 2.36. The topological polar surface area (TPSA) is 81.6 Å². The van der Waals surface area contributed by atoms with E-state index in [4.69, 9.17) is 10.5 Å². The number of nitro benzene ring substituents is 1. The van der Waals surface area contributed by atoms with E-state index in [1.807, 2.05) is 11.8 Å². The number of rotatable bonds is 3. The lowest BCUT2D eigenvalue weighted by Crippen LogP contribution is -2.37. The molecule has 1 heterocycles. The summed E-state index contributed by atoms with van der Waals surface area (Å²) >= 11 is 0. The molecule has 1 fully saturated rings. The molecule has 0 radical (unpaired) electrons. The number of methoxy groups -OCH3 is 1. The molecule has 0 saturated carbocycles. The van der Waals surface area contributed by atoms with Crippen LogP contribution in [0, 0.1) is 15.9 Å². The van der Waals surface area contributed by atoms with Crippen LogP contribution in [0.3, 0.4) is 0 Å². The van der Waals surface area contributed by atoms with Crippen molar-refractivity contribution < 1.29 is 14.1 Å². The first-order valence-electron chi connectivity index (χ1n) is 6.00. The Morgan fingerprint density at radius 3 is 2.74 bits per heavy atom. The predicted octanol–water partition coefficient (Wildman–Crippen LogP) is 1.67. The summed E-state index contributed by atoms with van der Waals surface area (Å²) in [7, 11) is 1.32. The first kappa shape index (κ1) is 13.5. The largest absolute Gasteiger partial charge is 0.490 e. The van der Waals surface area contributed by atoms with Crippen LogP contribution in [-0.4, -0.2) is 30.7 Å². The van der Waals surface area contributed by atoms with E-state index in [1.54, 1.807) is 0 Å². The molecule has 2 unspecified atom stereocenters. The Kier molecular flexibility index (Phi) is 3.57.